The summed E-state index contributed by atoms with van der Waals surface area (Å²) in [5.74, 6) is 3.70. The first-order chi connectivity index (χ1) is 7.72. The molecule has 0 aliphatic carbocycles. The fourth-order valence-corrected chi connectivity index (χ4v) is 2.20. The Bertz CT molecular complexity index is 471. The molecule has 5 heteroatoms. The maximum Gasteiger partial charge on any atom is 0.159 e. The van der Waals surface area contributed by atoms with Gasteiger partial charge in [0.2, 0.25) is 0 Å². The number of rotatable bonds is 3. The molecule has 0 bridgehead atoms. The first kappa shape index (κ1) is 11.2. The minimum Gasteiger partial charge on any atom is -0.271 e. The van der Waals surface area contributed by atoms with Crippen molar-refractivity contribution in [1.29, 1.82) is 0 Å². The molecule has 0 aliphatic rings. The number of hydrogen-bond donors (Lipinski definition) is 2. The van der Waals surface area contributed by atoms with Crippen LogP contribution in [0, 0.1) is 11.6 Å². The zero-order chi connectivity index (χ0) is 11.5. The molecule has 0 spiro atoms. The van der Waals surface area contributed by atoms with E-state index in [0.29, 0.717) is 5.56 Å². The van der Waals surface area contributed by atoms with E-state index in [-0.39, 0.29) is 6.04 Å². The van der Waals surface area contributed by atoms with E-state index in [1.54, 1.807) is 0 Å². The van der Waals surface area contributed by atoms with Crippen molar-refractivity contribution in [3.8, 4) is 0 Å². The van der Waals surface area contributed by atoms with Crippen LogP contribution in [0.5, 0.6) is 0 Å². The van der Waals surface area contributed by atoms with Crippen LogP contribution in [0.25, 0.3) is 0 Å². The first-order valence-electron chi connectivity index (χ1n) is 4.65. The van der Waals surface area contributed by atoms with Crippen molar-refractivity contribution in [1.82, 2.24) is 5.43 Å². The van der Waals surface area contributed by atoms with Gasteiger partial charge in [0.25, 0.3) is 0 Å². The molecule has 0 aliphatic heterocycles. The maximum absolute atomic E-state index is 13.1. The Kier molecular flexibility index (Phi) is 3.28. The second-order valence-corrected chi connectivity index (χ2v) is 4.11. The lowest BCUT2D eigenvalue weighted by Crippen LogP contribution is -2.28. The Balaban J connectivity index is 2.37. The predicted molar refractivity (Wildman–Crippen MR) is 59.8 cm³/mol. The maximum atomic E-state index is 13.1. The third-order valence-corrected chi connectivity index (χ3v) is 3.02. The molecule has 2 nitrogen and oxygen atoms in total. The van der Waals surface area contributed by atoms with Gasteiger partial charge in [-0.15, -0.1) is 0 Å². The molecule has 0 saturated carbocycles. The lowest BCUT2D eigenvalue weighted by molar-refractivity contribution is 0.504. The Labute approximate surface area is 95.7 Å². The van der Waals surface area contributed by atoms with Gasteiger partial charge in [0.15, 0.2) is 11.6 Å². The summed E-state index contributed by atoms with van der Waals surface area (Å²) in [5.41, 5.74) is 4.11. The standard InChI is InChI=1S/C11H10F2N2S/c12-9-2-1-7(5-10(9)13)11(15-14)8-3-4-16-6-8/h1-6,11,15H,14H2. The van der Waals surface area contributed by atoms with E-state index in [2.05, 4.69) is 5.43 Å². The van der Waals surface area contributed by atoms with Gasteiger partial charge in [0.05, 0.1) is 6.04 Å². The van der Waals surface area contributed by atoms with Crippen molar-refractivity contribution in [2.75, 3.05) is 0 Å². The molecule has 84 valence electrons. The number of halogens is 2. The van der Waals surface area contributed by atoms with Gasteiger partial charge in [-0.1, -0.05) is 6.07 Å². The van der Waals surface area contributed by atoms with Gasteiger partial charge in [0.1, 0.15) is 0 Å². The fraction of sp³-hybridized carbons (Fsp3) is 0.0909. The van der Waals surface area contributed by atoms with Crippen LogP contribution in [-0.4, -0.2) is 0 Å². The van der Waals surface area contributed by atoms with Gasteiger partial charge < -0.3 is 0 Å². The molecule has 16 heavy (non-hydrogen) atoms. The normalized spacial score (nSPS) is 12.7. The van der Waals surface area contributed by atoms with Crippen LogP contribution in [0.2, 0.25) is 0 Å². The first-order valence-corrected chi connectivity index (χ1v) is 5.60. The van der Waals surface area contributed by atoms with E-state index in [9.17, 15) is 8.78 Å². The molecule has 0 amide bonds. The van der Waals surface area contributed by atoms with Crippen LogP contribution in [-0.2, 0) is 0 Å². The van der Waals surface area contributed by atoms with E-state index in [1.807, 2.05) is 16.8 Å². The lowest BCUT2D eigenvalue weighted by atomic mass is 10.0. The summed E-state index contributed by atoms with van der Waals surface area (Å²) >= 11 is 1.52. The smallest absolute Gasteiger partial charge is 0.159 e. The second kappa shape index (κ2) is 4.69. The second-order valence-electron chi connectivity index (χ2n) is 3.33. The largest absolute Gasteiger partial charge is 0.271 e. The van der Waals surface area contributed by atoms with Gasteiger partial charge >= 0.3 is 0 Å². The average Bonchev–Trinajstić information content (AvgIpc) is 2.78. The molecule has 1 heterocycles. The summed E-state index contributed by atoms with van der Waals surface area (Å²) in [4.78, 5) is 0. The van der Waals surface area contributed by atoms with Crippen molar-refractivity contribution in [2.24, 2.45) is 5.84 Å². The summed E-state index contributed by atoms with van der Waals surface area (Å²) in [5, 5.41) is 3.81. The number of hydrogen-bond acceptors (Lipinski definition) is 3. The van der Waals surface area contributed by atoms with Crippen LogP contribution in [0.3, 0.4) is 0 Å². The number of hydrazine groups is 1. The summed E-state index contributed by atoms with van der Waals surface area (Å²) in [7, 11) is 0. The summed E-state index contributed by atoms with van der Waals surface area (Å²) < 4.78 is 25.9. The van der Waals surface area contributed by atoms with E-state index in [1.165, 1.54) is 17.4 Å². The Morgan fingerprint density at radius 1 is 1.12 bits per heavy atom. The molecule has 0 radical (unpaired) electrons. The van der Waals surface area contributed by atoms with Crippen LogP contribution < -0.4 is 11.3 Å². The summed E-state index contributed by atoms with van der Waals surface area (Å²) in [6, 6.07) is 5.33. The Hall–Kier alpha value is -1.30. The van der Waals surface area contributed by atoms with Crippen LogP contribution >= 0.6 is 11.3 Å². The van der Waals surface area contributed by atoms with Crippen molar-refractivity contribution < 1.29 is 8.78 Å². The molecule has 0 fully saturated rings. The van der Waals surface area contributed by atoms with Crippen LogP contribution in [0.4, 0.5) is 8.78 Å². The third kappa shape index (κ3) is 2.11. The van der Waals surface area contributed by atoms with Gasteiger partial charge in [0, 0.05) is 0 Å². The highest BCUT2D eigenvalue weighted by atomic mass is 32.1. The molecular formula is C11H10F2N2S. The van der Waals surface area contributed by atoms with E-state index >= 15 is 0 Å². The minimum absolute atomic E-state index is 0.318. The average molecular weight is 240 g/mol. The molecule has 1 unspecified atom stereocenters. The highest BCUT2D eigenvalue weighted by Gasteiger charge is 2.14. The van der Waals surface area contributed by atoms with Crippen molar-refractivity contribution >= 4 is 11.3 Å². The van der Waals surface area contributed by atoms with Crippen LogP contribution in [0.1, 0.15) is 17.2 Å². The van der Waals surface area contributed by atoms with E-state index < -0.39 is 11.6 Å². The monoisotopic (exact) mass is 240 g/mol. The van der Waals surface area contributed by atoms with E-state index in [0.717, 1.165) is 17.7 Å². The highest BCUT2D eigenvalue weighted by Crippen LogP contribution is 2.24. The molecule has 1 atom stereocenters. The topological polar surface area (TPSA) is 38.0 Å². The summed E-state index contributed by atoms with van der Waals surface area (Å²) in [6.45, 7) is 0. The fourth-order valence-electron chi connectivity index (χ4n) is 1.52. The van der Waals surface area contributed by atoms with Gasteiger partial charge in [-0.2, -0.15) is 11.3 Å². The molecule has 3 N–H and O–H groups in total. The minimum atomic E-state index is -0.868. The quantitative estimate of drug-likeness (QED) is 0.639. The number of nitrogens with two attached hydrogens (primary N) is 1. The van der Waals surface area contributed by atoms with Crippen LogP contribution in [0.15, 0.2) is 35.0 Å². The zero-order valence-electron chi connectivity index (χ0n) is 8.28. The molecule has 1 aromatic heterocycles. The Morgan fingerprint density at radius 3 is 2.50 bits per heavy atom. The summed E-state index contributed by atoms with van der Waals surface area (Å²) in [6.07, 6.45) is 0. The highest BCUT2D eigenvalue weighted by molar-refractivity contribution is 7.08. The molecule has 2 rings (SSSR count). The van der Waals surface area contributed by atoms with Gasteiger partial charge in [-0.05, 0) is 40.1 Å². The van der Waals surface area contributed by atoms with Crippen molar-refractivity contribution in [2.45, 2.75) is 6.04 Å². The lowest BCUT2D eigenvalue weighted by Gasteiger charge is -2.15. The molecule has 0 saturated heterocycles. The van der Waals surface area contributed by atoms with Gasteiger partial charge in [-0.25, -0.2) is 14.2 Å². The Morgan fingerprint density at radius 2 is 1.94 bits per heavy atom. The number of thiophene rings is 1. The number of nitrogens with one attached hydrogen (secondary N) is 1. The number of benzene rings is 1. The molecule has 2 aromatic rings. The van der Waals surface area contributed by atoms with E-state index in [4.69, 9.17) is 5.84 Å². The predicted octanol–water partition coefficient (Wildman–Crippen LogP) is 2.58. The van der Waals surface area contributed by atoms with Crippen molar-refractivity contribution in [3.05, 3.63) is 57.8 Å². The SMILES string of the molecule is NNC(c1ccsc1)c1ccc(F)c(F)c1. The van der Waals surface area contributed by atoms with Gasteiger partial charge in [-0.3, -0.25) is 5.84 Å². The third-order valence-electron chi connectivity index (χ3n) is 2.32. The molecule has 1 aromatic carbocycles. The zero-order valence-corrected chi connectivity index (χ0v) is 9.10. The molecular weight excluding hydrogens is 230 g/mol. The van der Waals surface area contributed by atoms with Crippen molar-refractivity contribution in [3.63, 3.8) is 0 Å².